The van der Waals surface area contributed by atoms with Gasteiger partial charge in [-0.2, -0.15) is 4.68 Å². The van der Waals surface area contributed by atoms with Crippen molar-refractivity contribution >= 4 is 34.8 Å². The fourth-order valence-electron chi connectivity index (χ4n) is 2.44. The van der Waals surface area contributed by atoms with E-state index in [1.54, 1.807) is 22.9 Å². The number of ether oxygens (including phenoxy) is 1. The lowest BCUT2D eigenvalue weighted by molar-refractivity contribution is -0.116. The largest absolute Gasteiger partial charge is 0.491 e. The first-order chi connectivity index (χ1) is 13.0. The van der Waals surface area contributed by atoms with E-state index in [2.05, 4.69) is 20.8 Å². The molecule has 2 aromatic carbocycles. The Bertz CT molecular complexity index is 974. The normalized spacial score (nSPS) is 10.7. The number of halogens is 2. The van der Waals surface area contributed by atoms with Crippen LogP contribution in [0.5, 0.6) is 5.75 Å². The maximum absolute atomic E-state index is 12.2. The summed E-state index contributed by atoms with van der Waals surface area (Å²) in [6, 6.07) is 10.7. The molecule has 3 rings (SSSR count). The predicted molar refractivity (Wildman–Crippen MR) is 104 cm³/mol. The number of tetrazole rings is 1. The third kappa shape index (κ3) is 4.56. The van der Waals surface area contributed by atoms with E-state index in [4.69, 9.17) is 27.9 Å². The molecule has 0 spiro atoms. The smallest absolute Gasteiger partial charge is 0.227 e. The zero-order valence-electron chi connectivity index (χ0n) is 14.7. The second-order valence-corrected chi connectivity index (χ2v) is 6.62. The molecule has 0 aliphatic rings. The zero-order chi connectivity index (χ0) is 19.4. The lowest BCUT2D eigenvalue weighted by atomic mass is 10.1. The summed E-state index contributed by atoms with van der Waals surface area (Å²) in [5.41, 5.74) is 2.44. The highest BCUT2D eigenvalue weighted by atomic mass is 35.5. The van der Waals surface area contributed by atoms with Crippen LogP contribution in [0.1, 0.15) is 17.8 Å². The first kappa shape index (κ1) is 19.1. The summed E-state index contributed by atoms with van der Waals surface area (Å²) in [7, 11) is 0. The second-order valence-electron chi connectivity index (χ2n) is 5.84. The molecule has 140 valence electrons. The molecule has 9 heteroatoms. The molecular weight excluding hydrogens is 389 g/mol. The highest BCUT2D eigenvalue weighted by Gasteiger charge is 2.11. The van der Waals surface area contributed by atoms with Crippen LogP contribution in [0.4, 0.5) is 5.69 Å². The molecular formula is C18H17Cl2N5O2. The molecule has 0 unspecified atom stereocenters. The third-order valence-corrected chi connectivity index (χ3v) is 4.65. The monoisotopic (exact) mass is 405 g/mol. The number of amides is 1. The summed E-state index contributed by atoms with van der Waals surface area (Å²) in [5, 5.41) is 15.1. The molecule has 1 heterocycles. The SMILES string of the molecule is Cc1ccc(NC(=O)CCOc2cccc(Cl)c2Cl)cc1-n1nnnc1C. The quantitative estimate of drug-likeness (QED) is 0.670. The van der Waals surface area contributed by atoms with E-state index < -0.39 is 0 Å². The first-order valence-electron chi connectivity index (χ1n) is 8.18. The highest BCUT2D eigenvalue weighted by Crippen LogP contribution is 2.31. The lowest BCUT2D eigenvalue weighted by Crippen LogP contribution is -2.15. The van der Waals surface area contributed by atoms with Crippen molar-refractivity contribution in [2.24, 2.45) is 0 Å². The molecule has 0 aliphatic heterocycles. The third-order valence-electron chi connectivity index (χ3n) is 3.85. The van der Waals surface area contributed by atoms with Gasteiger partial charge in [0.05, 0.1) is 23.7 Å². The van der Waals surface area contributed by atoms with Crippen LogP contribution in [0.15, 0.2) is 36.4 Å². The molecule has 0 radical (unpaired) electrons. The van der Waals surface area contributed by atoms with Crippen molar-refractivity contribution in [3.05, 3.63) is 57.8 Å². The van der Waals surface area contributed by atoms with Crippen molar-refractivity contribution in [1.29, 1.82) is 0 Å². The summed E-state index contributed by atoms with van der Waals surface area (Å²) in [6.07, 6.45) is 0.163. The van der Waals surface area contributed by atoms with E-state index in [-0.39, 0.29) is 18.9 Å². The van der Waals surface area contributed by atoms with Crippen LogP contribution < -0.4 is 10.1 Å². The molecule has 0 aliphatic carbocycles. The van der Waals surface area contributed by atoms with E-state index in [1.165, 1.54) is 0 Å². The number of anilines is 1. The van der Waals surface area contributed by atoms with Crippen LogP contribution in [0, 0.1) is 13.8 Å². The number of nitrogens with one attached hydrogen (secondary N) is 1. The zero-order valence-corrected chi connectivity index (χ0v) is 16.3. The topological polar surface area (TPSA) is 81.9 Å². The Balaban J connectivity index is 1.61. The molecule has 0 fully saturated rings. The summed E-state index contributed by atoms with van der Waals surface area (Å²) >= 11 is 12.0. The minimum atomic E-state index is -0.184. The Morgan fingerprint density at radius 3 is 2.78 bits per heavy atom. The molecule has 0 saturated carbocycles. The molecule has 7 nitrogen and oxygen atoms in total. The number of aromatic nitrogens is 4. The maximum Gasteiger partial charge on any atom is 0.227 e. The Kier molecular flexibility index (Phi) is 5.93. The Morgan fingerprint density at radius 2 is 2.04 bits per heavy atom. The number of aryl methyl sites for hydroxylation is 2. The van der Waals surface area contributed by atoms with Gasteiger partial charge in [0.15, 0.2) is 5.82 Å². The van der Waals surface area contributed by atoms with Gasteiger partial charge in [-0.1, -0.05) is 35.3 Å². The van der Waals surface area contributed by atoms with Gasteiger partial charge in [0.2, 0.25) is 5.91 Å². The lowest BCUT2D eigenvalue weighted by Gasteiger charge is -2.11. The molecule has 0 atom stereocenters. The van der Waals surface area contributed by atoms with Gasteiger partial charge in [0, 0.05) is 5.69 Å². The van der Waals surface area contributed by atoms with Gasteiger partial charge in [-0.15, -0.1) is 5.10 Å². The van der Waals surface area contributed by atoms with Gasteiger partial charge in [-0.3, -0.25) is 4.79 Å². The molecule has 1 aromatic heterocycles. The van der Waals surface area contributed by atoms with Crippen molar-refractivity contribution in [2.45, 2.75) is 20.3 Å². The van der Waals surface area contributed by atoms with Gasteiger partial charge in [-0.05, 0) is 54.1 Å². The summed E-state index contributed by atoms with van der Waals surface area (Å²) < 4.78 is 7.16. The Morgan fingerprint density at radius 1 is 1.22 bits per heavy atom. The van der Waals surface area contributed by atoms with Gasteiger partial charge in [-0.25, -0.2) is 0 Å². The summed E-state index contributed by atoms with van der Waals surface area (Å²) in [5.74, 6) is 0.925. The van der Waals surface area contributed by atoms with Crippen molar-refractivity contribution in [2.75, 3.05) is 11.9 Å². The second kappa shape index (κ2) is 8.37. The molecule has 27 heavy (non-hydrogen) atoms. The van der Waals surface area contributed by atoms with Crippen LogP contribution in [0.3, 0.4) is 0 Å². The van der Waals surface area contributed by atoms with Crippen LogP contribution in [-0.4, -0.2) is 32.7 Å². The van der Waals surface area contributed by atoms with E-state index in [9.17, 15) is 4.79 Å². The molecule has 0 saturated heterocycles. The van der Waals surface area contributed by atoms with Crippen LogP contribution >= 0.6 is 23.2 Å². The minimum absolute atomic E-state index is 0.163. The van der Waals surface area contributed by atoms with Crippen molar-refractivity contribution in [3.8, 4) is 11.4 Å². The summed E-state index contributed by atoms with van der Waals surface area (Å²) in [6.45, 7) is 3.93. The number of rotatable bonds is 6. The van der Waals surface area contributed by atoms with Crippen molar-refractivity contribution in [3.63, 3.8) is 0 Å². The highest BCUT2D eigenvalue weighted by molar-refractivity contribution is 6.42. The number of hydrogen-bond acceptors (Lipinski definition) is 5. The fraction of sp³-hybridized carbons (Fsp3) is 0.222. The molecule has 0 bridgehead atoms. The molecule has 3 aromatic rings. The van der Waals surface area contributed by atoms with Gasteiger partial charge in [0.1, 0.15) is 10.8 Å². The van der Waals surface area contributed by atoms with Crippen LogP contribution in [0.25, 0.3) is 5.69 Å². The number of hydrogen-bond donors (Lipinski definition) is 1. The van der Waals surface area contributed by atoms with E-state index >= 15 is 0 Å². The van der Waals surface area contributed by atoms with Crippen molar-refractivity contribution in [1.82, 2.24) is 20.2 Å². The average molecular weight is 406 g/mol. The molecule has 1 amide bonds. The Hall–Kier alpha value is -2.64. The van der Waals surface area contributed by atoms with Gasteiger partial charge < -0.3 is 10.1 Å². The number of carbonyl (C=O) groups excluding carboxylic acids is 1. The van der Waals surface area contributed by atoms with Gasteiger partial charge in [0.25, 0.3) is 0 Å². The van der Waals surface area contributed by atoms with E-state index in [0.717, 1.165) is 11.3 Å². The predicted octanol–water partition coefficient (Wildman–Crippen LogP) is 3.99. The van der Waals surface area contributed by atoms with Crippen molar-refractivity contribution < 1.29 is 9.53 Å². The van der Waals surface area contributed by atoms with Crippen LogP contribution in [-0.2, 0) is 4.79 Å². The maximum atomic E-state index is 12.2. The van der Waals surface area contributed by atoms with E-state index in [0.29, 0.717) is 27.3 Å². The molecule has 1 N–H and O–H groups in total. The minimum Gasteiger partial charge on any atom is -0.491 e. The first-order valence-corrected chi connectivity index (χ1v) is 8.94. The fourth-order valence-corrected chi connectivity index (χ4v) is 2.79. The Labute approximate surface area is 166 Å². The van der Waals surface area contributed by atoms with Crippen LogP contribution in [0.2, 0.25) is 10.0 Å². The summed E-state index contributed by atoms with van der Waals surface area (Å²) in [4.78, 5) is 12.2. The number of benzene rings is 2. The van der Waals surface area contributed by atoms with E-state index in [1.807, 2.05) is 32.0 Å². The number of carbonyl (C=O) groups is 1. The average Bonchev–Trinajstić information content (AvgIpc) is 3.06. The standard InChI is InChI=1S/C18H17Cl2N5O2/c1-11-6-7-13(10-15(11)25-12(2)22-23-24-25)21-17(26)8-9-27-16-5-3-4-14(19)18(16)20/h3-7,10H,8-9H2,1-2H3,(H,21,26). The van der Waals surface area contributed by atoms with Gasteiger partial charge >= 0.3 is 0 Å². The number of nitrogens with zero attached hydrogens (tertiary/aromatic N) is 4.